The van der Waals surface area contributed by atoms with Gasteiger partial charge in [0, 0.05) is 11.8 Å². The highest BCUT2D eigenvalue weighted by atomic mass is 19.4. The van der Waals surface area contributed by atoms with E-state index in [4.69, 9.17) is 9.47 Å². The third kappa shape index (κ3) is 4.19. The summed E-state index contributed by atoms with van der Waals surface area (Å²) in [5, 5.41) is 2.74. The van der Waals surface area contributed by atoms with Gasteiger partial charge in [-0.2, -0.15) is 13.2 Å². The minimum absolute atomic E-state index is 0.0166. The molecule has 1 heterocycles. The van der Waals surface area contributed by atoms with Gasteiger partial charge in [0.05, 0.1) is 31.0 Å². The Morgan fingerprint density at radius 2 is 1.56 bits per heavy atom. The fourth-order valence-electron chi connectivity index (χ4n) is 3.62. The van der Waals surface area contributed by atoms with Crippen LogP contribution in [0.25, 0.3) is 5.57 Å². The molecule has 0 spiro atoms. The number of alkyl halides is 3. The molecule has 0 saturated carbocycles. The minimum Gasteiger partial charge on any atom is -0.497 e. The van der Waals surface area contributed by atoms with Crippen molar-refractivity contribution in [2.45, 2.75) is 6.18 Å². The van der Waals surface area contributed by atoms with E-state index in [-0.39, 0.29) is 28.4 Å². The van der Waals surface area contributed by atoms with Crippen molar-refractivity contribution in [3.8, 4) is 11.5 Å². The number of nitrogens with zero attached hydrogens (tertiary/aromatic N) is 1. The smallest absolute Gasteiger partial charge is 0.416 e. The van der Waals surface area contributed by atoms with Crippen molar-refractivity contribution in [1.29, 1.82) is 0 Å². The lowest BCUT2D eigenvalue weighted by Gasteiger charge is -2.19. The van der Waals surface area contributed by atoms with E-state index in [1.807, 2.05) is 0 Å². The second-order valence-electron chi connectivity index (χ2n) is 7.30. The first-order valence-corrected chi connectivity index (χ1v) is 10.1. The molecule has 0 aliphatic carbocycles. The normalized spacial score (nSPS) is 14.0. The van der Waals surface area contributed by atoms with Gasteiger partial charge in [-0.1, -0.05) is 36.4 Å². The van der Waals surface area contributed by atoms with E-state index in [0.29, 0.717) is 11.3 Å². The Kier molecular flexibility index (Phi) is 6.02. The lowest BCUT2D eigenvalue weighted by atomic mass is 10.0. The molecule has 0 radical (unpaired) electrons. The van der Waals surface area contributed by atoms with Gasteiger partial charge in [0.2, 0.25) is 0 Å². The summed E-state index contributed by atoms with van der Waals surface area (Å²) in [7, 11) is 2.85. The summed E-state index contributed by atoms with van der Waals surface area (Å²) in [6, 6.07) is 17.4. The van der Waals surface area contributed by atoms with Crippen molar-refractivity contribution in [3.05, 3.63) is 89.6 Å². The summed E-state index contributed by atoms with van der Waals surface area (Å²) in [6.07, 6.45) is -4.56. The van der Waals surface area contributed by atoms with Crippen LogP contribution in [0.2, 0.25) is 0 Å². The van der Waals surface area contributed by atoms with Crippen molar-refractivity contribution in [2.75, 3.05) is 24.4 Å². The van der Waals surface area contributed by atoms with Gasteiger partial charge in [0.15, 0.2) is 0 Å². The monoisotopic (exact) mass is 468 g/mol. The maximum atomic E-state index is 13.5. The molecule has 0 atom stereocenters. The predicted molar refractivity (Wildman–Crippen MR) is 120 cm³/mol. The number of anilines is 2. The minimum atomic E-state index is -4.56. The van der Waals surface area contributed by atoms with E-state index in [1.165, 1.54) is 38.5 Å². The number of imide groups is 1. The number of nitrogens with one attached hydrogen (secondary N) is 1. The summed E-state index contributed by atoms with van der Waals surface area (Å²) >= 11 is 0. The predicted octanol–water partition coefficient (Wildman–Crippen LogP) is 5.12. The summed E-state index contributed by atoms with van der Waals surface area (Å²) in [6.45, 7) is 0. The first-order valence-electron chi connectivity index (χ1n) is 10.1. The van der Waals surface area contributed by atoms with Gasteiger partial charge in [-0.05, 0) is 35.9 Å². The molecule has 2 amide bonds. The molecule has 6 nitrogen and oxygen atoms in total. The van der Waals surface area contributed by atoms with Crippen molar-refractivity contribution < 1.29 is 32.2 Å². The Hall–Kier alpha value is -4.27. The van der Waals surface area contributed by atoms with Crippen molar-refractivity contribution in [1.82, 2.24) is 0 Å². The molecule has 0 saturated heterocycles. The van der Waals surface area contributed by atoms with E-state index >= 15 is 0 Å². The topological polar surface area (TPSA) is 67.9 Å². The van der Waals surface area contributed by atoms with Gasteiger partial charge in [0.25, 0.3) is 11.8 Å². The number of methoxy groups -OCH3 is 2. The molecule has 0 fully saturated rings. The average Bonchev–Trinajstić information content (AvgIpc) is 3.07. The highest BCUT2D eigenvalue weighted by Gasteiger charge is 2.41. The van der Waals surface area contributed by atoms with Gasteiger partial charge in [-0.15, -0.1) is 0 Å². The Bertz CT molecular complexity index is 1290. The molecule has 0 unspecified atom stereocenters. The van der Waals surface area contributed by atoms with Gasteiger partial charge >= 0.3 is 6.18 Å². The third-order valence-corrected chi connectivity index (χ3v) is 5.23. The van der Waals surface area contributed by atoms with Gasteiger partial charge in [0.1, 0.15) is 17.2 Å². The van der Waals surface area contributed by atoms with Crippen LogP contribution in [-0.4, -0.2) is 26.0 Å². The number of amides is 2. The van der Waals surface area contributed by atoms with Crippen LogP contribution in [0.5, 0.6) is 11.5 Å². The molecular weight excluding hydrogens is 449 g/mol. The number of hydrogen-bond acceptors (Lipinski definition) is 5. The molecular formula is C25H19F3N2O4. The second-order valence-corrected chi connectivity index (χ2v) is 7.30. The van der Waals surface area contributed by atoms with Crippen LogP contribution in [0.15, 0.2) is 78.5 Å². The summed E-state index contributed by atoms with van der Waals surface area (Å²) < 4.78 is 50.1. The molecule has 1 aliphatic rings. The van der Waals surface area contributed by atoms with Gasteiger partial charge < -0.3 is 14.8 Å². The van der Waals surface area contributed by atoms with E-state index in [2.05, 4.69) is 5.32 Å². The molecule has 0 bridgehead atoms. The quantitative estimate of drug-likeness (QED) is 0.509. The summed E-state index contributed by atoms with van der Waals surface area (Å²) in [5.41, 5.74) is -0.375. The zero-order valence-corrected chi connectivity index (χ0v) is 18.1. The molecule has 174 valence electrons. The van der Waals surface area contributed by atoms with E-state index in [0.717, 1.165) is 17.0 Å². The lowest BCUT2D eigenvalue weighted by Crippen LogP contribution is -2.32. The van der Waals surface area contributed by atoms with E-state index in [9.17, 15) is 22.8 Å². The van der Waals surface area contributed by atoms with Gasteiger partial charge in [-0.25, -0.2) is 4.90 Å². The molecule has 34 heavy (non-hydrogen) atoms. The largest absolute Gasteiger partial charge is 0.497 e. The maximum absolute atomic E-state index is 13.5. The average molecular weight is 468 g/mol. The molecule has 0 aromatic heterocycles. The van der Waals surface area contributed by atoms with Crippen molar-refractivity contribution in [2.24, 2.45) is 0 Å². The van der Waals surface area contributed by atoms with Crippen LogP contribution in [0.4, 0.5) is 24.5 Å². The molecule has 3 aromatic rings. The fourth-order valence-corrected chi connectivity index (χ4v) is 3.62. The highest BCUT2D eigenvalue weighted by molar-refractivity contribution is 6.46. The zero-order chi connectivity index (χ0) is 24.5. The zero-order valence-electron chi connectivity index (χ0n) is 18.1. The van der Waals surface area contributed by atoms with Crippen molar-refractivity contribution >= 4 is 28.8 Å². The number of rotatable bonds is 6. The molecule has 3 aromatic carbocycles. The number of halogens is 3. The third-order valence-electron chi connectivity index (χ3n) is 5.23. The number of carbonyl (C=O) groups is 2. The first kappa shape index (κ1) is 22.9. The van der Waals surface area contributed by atoms with E-state index < -0.39 is 23.6 Å². The standard InChI is InChI=1S/C25H19F3N2O4/c1-33-18-11-12-19(20(14-18)34-2)30-23(31)21(15-7-4-3-5-8-15)22(24(30)32)29-17-10-6-9-16(13-17)25(26,27)28/h3-14,29H,1-2H3. The molecule has 1 aliphatic heterocycles. The van der Waals surface area contributed by atoms with Crippen LogP contribution in [0, 0.1) is 0 Å². The highest BCUT2D eigenvalue weighted by Crippen LogP contribution is 2.40. The maximum Gasteiger partial charge on any atom is 0.416 e. The van der Waals surface area contributed by atoms with E-state index in [1.54, 1.807) is 36.4 Å². The number of hydrogen-bond donors (Lipinski definition) is 1. The number of ether oxygens (including phenoxy) is 2. The van der Waals surface area contributed by atoms with Crippen LogP contribution < -0.4 is 19.7 Å². The van der Waals surface area contributed by atoms with Crippen LogP contribution in [0.1, 0.15) is 11.1 Å². The first-order chi connectivity index (χ1) is 16.2. The SMILES string of the molecule is COc1ccc(N2C(=O)C(Nc3cccc(C(F)(F)F)c3)=C(c3ccccc3)C2=O)c(OC)c1. The molecule has 4 rings (SSSR count). The number of carbonyl (C=O) groups excluding carboxylic acids is 2. The Morgan fingerprint density at radius 3 is 2.21 bits per heavy atom. The van der Waals surface area contributed by atoms with Crippen LogP contribution in [0.3, 0.4) is 0 Å². The molecule has 1 N–H and O–H groups in total. The molecule has 9 heteroatoms. The fraction of sp³-hybridized carbons (Fsp3) is 0.120. The second kappa shape index (κ2) is 8.93. The Labute approximate surface area is 193 Å². The Balaban J connectivity index is 1.82. The van der Waals surface area contributed by atoms with Crippen LogP contribution >= 0.6 is 0 Å². The summed E-state index contributed by atoms with van der Waals surface area (Å²) in [5.74, 6) is -0.703. The van der Waals surface area contributed by atoms with Crippen LogP contribution in [-0.2, 0) is 15.8 Å². The van der Waals surface area contributed by atoms with Crippen molar-refractivity contribution in [3.63, 3.8) is 0 Å². The summed E-state index contributed by atoms with van der Waals surface area (Å²) in [4.78, 5) is 27.9. The van der Waals surface area contributed by atoms with Gasteiger partial charge in [-0.3, -0.25) is 9.59 Å². The number of benzene rings is 3. The lowest BCUT2D eigenvalue weighted by molar-refractivity contribution is -0.137. The Morgan fingerprint density at radius 1 is 0.824 bits per heavy atom.